The number of alkyl halides is 2. The Morgan fingerprint density at radius 1 is 1.45 bits per heavy atom. The molecule has 0 aliphatic rings. The van der Waals surface area contributed by atoms with Crippen molar-refractivity contribution in [3.8, 4) is 0 Å². The van der Waals surface area contributed by atoms with Crippen LogP contribution in [0.1, 0.15) is 23.4 Å². The summed E-state index contributed by atoms with van der Waals surface area (Å²) in [6, 6.07) is 4.95. The Hall–Kier alpha value is -2.51. The van der Waals surface area contributed by atoms with Crippen molar-refractivity contribution in [3.63, 3.8) is 0 Å². The van der Waals surface area contributed by atoms with Crippen molar-refractivity contribution in [2.45, 2.75) is 19.9 Å². The minimum absolute atomic E-state index is 0.131. The monoisotopic (exact) mass is 283 g/mol. The first kappa shape index (κ1) is 13.9. The maximum absolute atomic E-state index is 12.9. The second-order valence-corrected chi connectivity index (χ2v) is 4.11. The van der Waals surface area contributed by atoms with Crippen LogP contribution < -0.4 is 5.32 Å². The molecular formula is C12H11F2N3O3. The fraction of sp³-hybridized carbons (Fsp3) is 0.250. The number of benzene rings is 1. The van der Waals surface area contributed by atoms with Gasteiger partial charge in [-0.05, 0) is 13.0 Å². The molecule has 2 aromatic rings. The molecule has 0 atom stereocenters. The molecule has 0 fully saturated rings. The normalized spacial score (nSPS) is 10.8. The fourth-order valence-corrected chi connectivity index (χ4v) is 1.69. The van der Waals surface area contributed by atoms with E-state index in [-0.39, 0.29) is 17.9 Å². The number of hydrogen-bond donors (Lipinski definition) is 1. The van der Waals surface area contributed by atoms with Gasteiger partial charge < -0.3 is 9.84 Å². The summed E-state index contributed by atoms with van der Waals surface area (Å²) in [6.07, 6.45) is -2.81. The third kappa shape index (κ3) is 3.08. The zero-order chi connectivity index (χ0) is 14.7. The van der Waals surface area contributed by atoms with Crippen LogP contribution in [0.4, 0.5) is 20.2 Å². The molecule has 1 heterocycles. The van der Waals surface area contributed by atoms with Crippen molar-refractivity contribution >= 4 is 11.4 Å². The number of aryl methyl sites for hydroxylation is 1. The molecule has 20 heavy (non-hydrogen) atoms. The third-order valence-electron chi connectivity index (χ3n) is 2.62. The Labute approximate surface area is 112 Å². The van der Waals surface area contributed by atoms with Gasteiger partial charge in [0, 0.05) is 29.4 Å². The predicted octanol–water partition coefficient (Wildman–Crippen LogP) is 3.44. The van der Waals surface area contributed by atoms with Crippen molar-refractivity contribution in [2.75, 3.05) is 5.32 Å². The van der Waals surface area contributed by atoms with Gasteiger partial charge in [0.15, 0.2) is 0 Å². The summed E-state index contributed by atoms with van der Waals surface area (Å²) < 4.78 is 30.7. The predicted molar refractivity (Wildman–Crippen MR) is 66.6 cm³/mol. The van der Waals surface area contributed by atoms with Crippen molar-refractivity contribution in [3.05, 3.63) is 51.4 Å². The molecule has 0 unspecified atom stereocenters. The molecule has 1 aromatic heterocycles. The second kappa shape index (κ2) is 5.64. The summed E-state index contributed by atoms with van der Waals surface area (Å²) in [5.41, 5.74) is -0.102. The summed E-state index contributed by atoms with van der Waals surface area (Å²) in [5.74, 6) is 0.611. The first-order chi connectivity index (χ1) is 9.47. The average Bonchev–Trinajstić information content (AvgIpc) is 2.81. The van der Waals surface area contributed by atoms with Crippen molar-refractivity contribution in [2.24, 2.45) is 0 Å². The van der Waals surface area contributed by atoms with E-state index in [1.165, 1.54) is 12.1 Å². The number of hydrogen-bond acceptors (Lipinski definition) is 5. The lowest BCUT2D eigenvalue weighted by Crippen LogP contribution is -2.04. The lowest BCUT2D eigenvalue weighted by atomic mass is 10.1. The second-order valence-electron chi connectivity index (χ2n) is 4.11. The standard InChI is InChI=1S/C12H11F2N3O3/c1-7-4-8(16-20-7)6-15-11-3-2-9(17(18)19)5-10(11)12(13)14/h2-5,12,15H,6H2,1H3. The molecule has 0 saturated heterocycles. The fourth-order valence-electron chi connectivity index (χ4n) is 1.69. The van der Waals surface area contributed by atoms with Crippen molar-refractivity contribution < 1.29 is 18.2 Å². The van der Waals surface area contributed by atoms with E-state index in [4.69, 9.17) is 4.52 Å². The number of nitrogens with one attached hydrogen (secondary N) is 1. The van der Waals surface area contributed by atoms with E-state index in [0.717, 1.165) is 6.07 Å². The number of nitro groups is 1. The number of non-ortho nitro benzene ring substituents is 1. The van der Waals surface area contributed by atoms with E-state index < -0.39 is 16.9 Å². The van der Waals surface area contributed by atoms with Crippen molar-refractivity contribution in [1.82, 2.24) is 5.16 Å². The highest BCUT2D eigenvalue weighted by molar-refractivity contribution is 5.56. The van der Waals surface area contributed by atoms with Gasteiger partial charge >= 0.3 is 0 Å². The highest BCUT2D eigenvalue weighted by Crippen LogP contribution is 2.30. The number of rotatable bonds is 5. The Morgan fingerprint density at radius 3 is 2.75 bits per heavy atom. The van der Waals surface area contributed by atoms with Gasteiger partial charge in [-0.3, -0.25) is 10.1 Å². The molecule has 8 heteroatoms. The van der Waals surface area contributed by atoms with Crippen LogP contribution in [0.3, 0.4) is 0 Å². The van der Waals surface area contributed by atoms with E-state index in [1.807, 2.05) is 0 Å². The molecule has 6 nitrogen and oxygen atoms in total. The molecule has 0 aliphatic carbocycles. The van der Waals surface area contributed by atoms with Crippen LogP contribution in [0, 0.1) is 17.0 Å². The molecule has 1 aromatic carbocycles. The number of nitrogens with zero attached hydrogens (tertiary/aromatic N) is 2. The van der Waals surface area contributed by atoms with Crippen molar-refractivity contribution in [1.29, 1.82) is 0 Å². The number of anilines is 1. The first-order valence-corrected chi connectivity index (χ1v) is 5.70. The lowest BCUT2D eigenvalue weighted by Gasteiger charge is -2.10. The number of aromatic nitrogens is 1. The molecule has 1 N–H and O–H groups in total. The van der Waals surface area contributed by atoms with Crippen LogP contribution >= 0.6 is 0 Å². The minimum atomic E-state index is -2.81. The van der Waals surface area contributed by atoms with Gasteiger partial charge in [0.25, 0.3) is 12.1 Å². The topological polar surface area (TPSA) is 81.2 Å². The zero-order valence-corrected chi connectivity index (χ0v) is 10.5. The van der Waals surface area contributed by atoms with E-state index in [0.29, 0.717) is 11.5 Å². The number of halogens is 2. The largest absolute Gasteiger partial charge is 0.379 e. The van der Waals surface area contributed by atoms with Crippen LogP contribution in [0.2, 0.25) is 0 Å². The van der Waals surface area contributed by atoms with Crippen LogP contribution in [0.25, 0.3) is 0 Å². The van der Waals surface area contributed by atoms with Gasteiger partial charge in [-0.2, -0.15) is 0 Å². The molecule has 106 valence electrons. The Kier molecular flexibility index (Phi) is 3.92. The highest BCUT2D eigenvalue weighted by atomic mass is 19.3. The van der Waals surface area contributed by atoms with Crippen LogP contribution in [-0.4, -0.2) is 10.1 Å². The first-order valence-electron chi connectivity index (χ1n) is 5.70. The van der Waals surface area contributed by atoms with Gasteiger partial charge in [0.2, 0.25) is 0 Å². The van der Waals surface area contributed by atoms with E-state index in [9.17, 15) is 18.9 Å². The summed E-state index contributed by atoms with van der Waals surface area (Å²) in [6.45, 7) is 1.90. The van der Waals surface area contributed by atoms with Gasteiger partial charge in [-0.15, -0.1) is 0 Å². The average molecular weight is 283 g/mol. The van der Waals surface area contributed by atoms with Gasteiger partial charge in [0.1, 0.15) is 11.5 Å². The lowest BCUT2D eigenvalue weighted by molar-refractivity contribution is -0.385. The van der Waals surface area contributed by atoms with Gasteiger partial charge in [-0.25, -0.2) is 8.78 Å². The van der Waals surface area contributed by atoms with E-state index in [1.54, 1.807) is 13.0 Å². The van der Waals surface area contributed by atoms with E-state index in [2.05, 4.69) is 10.5 Å². The summed E-state index contributed by atoms with van der Waals surface area (Å²) >= 11 is 0. The number of nitro benzene ring substituents is 1. The molecule has 0 spiro atoms. The molecule has 0 bridgehead atoms. The molecule has 0 saturated carbocycles. The summed E-state index contributed by atoms with van der Waals surface area (Å²) in [5, 5.41) is 17.1. The zero-order valence-electron chi connectivity index (χ0n) is 10.5. The van der Waals surface area contributed by atoms with Crippen LogP contribution in [0.5, 0.6) is 0 Å². The highest BCUT2D eigenvalue weighted by Gasteiger charge is 2.18. The Bertz CT molecular complexity index is 628. The molecule has 0 radical (unpaired) electrons. The summed E-state index contributed by atoms with van der Waals surface area (Å²) in [7, 11) is 0. The Balaban J connectivity index is 2.20. The molecular weight excluding hydrogens is 272 g/mol. The smallest absolute Gasteiger partial charge is 0.270 e. The Morgan fingerprint density at radius 2 is 2.20 bits per heavy atom. The quantitative estimate of drug-likeness (QED) is 0.671. The SMILES string of the molecule is Cc1cc(CNc2ccc([N+](=O)[O-])cc2C(F)F)no1. The van der Waals surface area contributed by atoms with Gasteiger partial charge in [0.05, 0.1) is 11.5 Å². The van der Waals surface area contributed by atoms with Crippen LogP contribution in [0.15, 0.2) is 28.8 Å². The summed E-state index contributed by atoms with van der Waals surface area (Å²) in [4.78, 5) is 9.88. The molecule has 0 aliphatic heterocycles. The maximum atomic E-state index is 12.9. The van der Waals surface area contributed by atoms with Gasteiger partial charge in [-0.1, -0.05) is 5.16 Å². The third-order valence-corrected chi connectivity index (χ3v) is 2.62. The molecule has 0 amide bonds. The minimum Gasteiger partial charge on any atom is -0.379 e. The molecule has 2 rings (SSSR count). The maximum Gasteiger partial charge on any atom is 0.270 e. The van der Waals surface area contributed by atoms with E-state index >= 15 is 0 Å². The van der Waals surface area contributed by atoms with Crippen LogP contribution in [-0.2, 0) is 6.54 Å².